The molecule has 0 saturated carbocycles. The van der Waals surface area contributed by atoms with Gasteiger partial charge in [0.25, 0.3) is 0 Å². The largest absolute Gasteiger partial charge is 0.395 e. The minimum atomic E-state index is 0.204. The molecule has 2 heteroatoms. The number of aliphatic hydroxyl groups excluding tert-OH is 1. The van der Waals surface area contributed by atoms with E-state index < -0.39 is 0 Å². The zero-order chi connectivity index (χ0) is 11.1. The Kier molecular flexibility index (Phi) is 5.37. The van der Waals surface area contributed by atoms with Crippen molar-refractivity contribution >= 4 is 0 Å². The highest BCUT2D eigenvalue weighted by Gasteiger charge is 2.12. The molecule has 0 heterocycles. The van der Waals surface area contributed by atoms with Crippen molar-refractivity contribution in [3.8, 4) is 0 Å². The van der Waals surface area contributed by atoms with Gasteiger partial charge in [0.1, 0.15) is 0 Å². The van der Waals surface area contributed by atoms with E-state index in [2.05, 4.69) is 43.4 Å². The van der Waals surface area contributed by atoms with E-state index in [0.29, 0.717) is 6.04 Å². The maximum Gasteiger partial charge on any atom is 0.0584 e. The van der Waals surface area contributed by atoms with Gasteiger partial charge in [0.2, 0.25) is 0 Å². The smallest absolute Gasteiger partial charge is 0.0584 e. The predicted octanol–water partition coefficient (Wildman–Crippen LogP) is 2.50. The SMILES string of the molecule is CC[C@@H](CO)N[C@H](CC)c1ccccc1. The molecule has 84 valence electrons. The van der Waals surface area contributed by atoms with Crippen LogP contribution in [0.15, 0.2) is 30.3 Å². The molecule has 1 rings (SSSR count). The highest BCUT2D eigenvalue weighted by Crippen LogP contribution is 2.16. The van der Waals surface area contributed by atoms with Crippen LogP contribution in [0.4, 0.5) is 0 Å². The maximum absolute atomic E-state index is 9.15. The van der Waals surface area contributed by atoms with Crippen LogP contribution in [0.3, 0.4) is 0 Å². The molecule has 0 aliphatic rings. The Morgan fingerprint density at radius 1 is 1.13 bits per heavy atom. The summed E-state index contributed by atoms with van der Waals surface area (Å²) in [6.45, 7) is 4.46. The summed E-state index contributed by atoms with van der Waals surface area (Å²) in [6.07, 6.45) is 2.00. The molecule has 2 nitrogen and oxygen atoms in total. The van der Waals surface area contributed by atoms with E-state index in [9.17, 15) is 0 Å². The van der Waals surface area contributed by atoms with Crippen molar-refractivity contribution in [2.45, 2.75) is 38.8 Å². The fraction of sp³-hybridized carbons (Fsp3) is 0.538. The van der Waals surface area contributed by atoms with E-state index in [1.54, 1.807) is 0 Å². The molecule has 0 bridgehead atoms. The fourth-order valence-electron chi connectivity index (χ4n) is 1.72. The summed E-state index contributed by atoms with van der Waals surface area (Å²) in [5.41, 5.74) is 1.30. The number of hydrogen-bond donors (Lipinski definition) is 2. The number of benzene rings is 1. The Hall–Kier alpha value is -0.860. The third-order valence-corrected chi connectivity index (χ3v) is 2.76. The van der Waals surface area contributed by atoms with Gasteiger partial charge in [-0.2, -0.15) is 0 Å². The van der Waals surface area contributed by atoms with Crippen LogP contribution >= 0.6 is 0 Å². The van der Waals surface area contributed by atoms with Crippen molar-refractivity contribution in [1.29, 1.82) is 0 Å². The van der Waals surface area contributed by atoms with Crippen LogP contribution in [-0.2, 0) is 0 Å². The Bertz CT molecular complexity index is 256. The van der Waals surface area contributed by atoms with Crippen molar-refractivity contribution in [3.63, 3.8) is 0 Å². The van der Waals surface area contributed by atoms with Gasteiger partial charge in [-0.3, -0.25) is 0 Å². The number of nitrogens with one attached hydrogen (secondary N) is 1. The number of aliphatic hydroxyl groups is 1. The predicted molar refractivity (Wildman–Crippen MR) is 63.8 cm³/mol. The molecule has 0 aliphatic carbocycles. The number of hydrogen-bond acceptors (Lipinski definition) is 2. The van der Waals surface area contributed by atoms with Crippen LogP contribution in [0.5, 0.6) is 0 Å². The minimum Gasteiger partial charge on any atom is -0.395 e. The average Bonchev–Trinajstić information content (AvgIpc) is 2.32. The van der Waals surface area contributed by atoms with Crippen LogP contribution < -0.4 is 5.32 Å². The molecule has 1 aromatic rings. The monoisotopic (exact) mass is 207 g/mol. The molecular weight excluding hydrogens is 186 g/mol. The van der Waals surface area contributed by atoms with Crippen molar-refractivity contribution in [2.24, 2.45) is 0 Å². The summed E-state index contributed by atoms with van der Waals surface area (Å²) in [6, 6.07) is 11.0. The van der Waals surface area contributed by atoms with Crippen molar-refractivity contribution in [2.75, 3.05) is 6.61 Å². The van der Waals surface area contributed by atoms with Gasteiger partial charge in [0, 0.05) is 12.1 Å². The molecule has 0 unspecified atom stereocenters. The van der Waals surface area contributed by atoms with Gasteiger partial charge in [-0.25, -0.2) is 0 Å². The van der Waals surface area contributed by atoms with Crippen molar-refractivity contribution in [3.05, 3.63) is 35.9 Å². The van der Waals surface area contributed by atoms with Gasteiger partial charge in [0.05, 0.1) is 6.61 Å². The highest BCUT2D eigenvalue weighted by atomic mass is 16.3. The summed E-state index contributed by atoms with van der Waals surface area (Å²) in [4.78, 5) is 0. The van der Waals surface area contributed by atoms with Gasteiger partial charge >= 0.3 is 0 Å². The molecule has 0 radical (unpaired) electrons. The lowest BCUT2D eigenvalue weighted by Crippen LogP contribution is -2.34. The number of rotatable bonds is 6. The van der Waals surface area contributed by atoms with E-state index >= 15 is 0 Å². The summed E-state index contributed by atoms with van der Waals surface area (Å²) < 4.78 is 0. The molecule has 2 N–H and O–H groups in total. The van der Waals surface area contributed by atoms with Crippen LogP contribution in [-0.4, -0.2) is 17.8 Å². The summed E-state index contributed by atoms with van der Waals surface area (Å²) >= 11 is 0. The molecule has 0 amide bonds. The second-order valence-electron chi connectivity index (χ2n) is 3.83. The first-order valence-corrected chi connectivity index (χ1v) is 5.73. The summed E-state index contributed by atoms with van der Waals surface area (Å²) in [5, 5.41) is 12.6. The van der Waals surface area contributed by atoms with Gasteiger partial charge in [-0.05, 0) is 18.4 Å². The molecule has 0 spiro atoms. The van der Waals surface area contributed by atoms with Crippen molar-refractivity contribution < 1.29 is 5.11 Å². The third kappa shape index (κ3) is 3.65. The maximum atomic E-state index is 9.15. The molecule has 2 atom stereocenters. The minimum absolute atomic E-state index is 0.204. The zero-order valence-electron chi connectivity index (χ0n) is 9.61. The first kappa shape index (κ1) is 12.2. The standard InChI is InChI=1S/C13H21NO/c1-3-12(10-15)14-13(4-2)11-8-6-5-7-9-11/h5-9,12-15H,3-4,10H2,1-2H3/t12-,13+/m0/s1. The lowest BCUT2D eigenvalue weighted by Gasteiger charge is -2.23. The molecular formula is C13H21NO. The topological polar surface area (TPSA) is 32.3 Å². The van der Waals surface area contributed by atoms with Crippen LogP contribution in [0.2, 0.25) is 0 Å². The Morgan fingerprint density at radius 2 is 1.80 bits per heavy atom. The lowest BCUT2D eigenvalue weighted by molar-refractivity contribution is 0.226. The van der Waals surface area contributed by atoms with E-state index in [1.807, 2.05) is 6.07 Å². The van der Waals surface area contributed by atoms with E-state index in [0.717, 1.165) is 12.8 Å². The first-order valence-electron chi connectivity index (χ1n) is 5.73. The van der Waals surface area contributed by atoms with Crippen LogP contribution in [0.25, 0.3) is 0 Å². The summed E-state index contributed by atoms with van der Waals surface area (Å²) in [7, 11) is 0. The van der Waals surface area contributed by atoms with Crippen LogP contribution in [0, 0.1) is 0 Å². The molecule has 0 aromatic heterocycles. The van der Waals surface area contributed by atoms with Crippen LogP contribution in [0.1, 0.15) is 38.3 Å². The van der Waals surface area contributed by atoms with Gasteiger partial charge in [-0.15, -0.1) is 0 Å². The second-order valence-corrected chi connectivity index (χ2v) is 3.83. The lowest BCUT2D eigenvalue weighted by atomic mass is 10.0. The summed E-state index contributed by atoms with van der Waals surface area (Å²) in [5.74, 6) is 0. The van der Waals surface area contributed by atoms with Gasteiger partial charge in [-0.1, -0.05) is 44.2 Å². The Balaban J connectivity index is 2.64. The molecule has 0 saturated heterocycles. The third-order valence-electron chi connectivity index (χ3n) is 2.76. The van der Waals surface area contributed by atoms with Gasteiger partial charge in [0.15, 0.2) is 0 Å². The highest BCUT2D eigenvalue weighted by molar-refractivity contribution is 5.18. The van der Waals surface area contributed by atoms with E-state index in [-0.39, 0.29) is 12.6 Å². The fourth-order valence-corrected chi connectivity index (χ4v) is 1.72. The van der Waals surface area contributed by atoms with Crippen molar-refractivity contribution in [1.82, 2.24) is 5.32 Å². The van der Waals surface area contributed by atoms with E-state index in [4.69, 9.17) is 5.11 Å². The first-order chi connectivity index (χ1) is 7.31. The normalized spacial score (nSPS) is 14.9. The molecule has 0 fully saturated rings. The van der Waals surface area contributed by atoms with E-state index in [1.165, 1.54) is 5.56 Å². The zero-order valence-corrected chi connectivity index (χ0v) is 9.61. The van der Waals surface area contributed by atoms with Gasteiger partial charge < -0.3 is 10.4 Å². The Morgan fingerprint density at radius 3 is 2.27 bits per heavy atom. The molecule has 0 aliphatic heterocycles. The second kappa shape index (κ2) is 6.59. The average molecular weight is 207 g/mol. The quantitative estimate of drug-likeness (QED) is 0.751. The molecule has 15 heavy (non-hydrogen) atoms. The molecule has 1 aromatic carbocycles. The Labute approximate surface area is 92.3 Å².